The second-order valence-corrected chi connectivity index (χ2v) is 9.97. The zero-order valence-electron chi connectivity index (χ0n) is 23.3. The number of aryl methyl sites for hydroxylation is 1. The number of halogens is 1. The summed E-state index contributed by atoms with van der Waals surface area (Å²) in [6.45, 7) is 0.680. The van der Waals surface area contributed by atoms with Crippen LogP contribution in [0.15, 0.2) is 86.6 Å². The highest BCUT2D eigenvalue weighted by Crippen LogP contribution is 2.34. The summed E-state index contributed by atoms with van der Waals surface area (Å²) in [5.74, 6) is -3.70. The van der Waals surface area contributed by atoms with Gasteiger partial charge in [0.05, 0.1) is 31.3 Å². The third kappa shape index (κ3) is 6.49. The largest absolute Gasteiger partial charge is 0.479 e. The summed E-state index contributed by atoms with van der Waals surface area (Å²) in [5.41, 5.74) is 2.42. The smallest absolute Gasteiger partial charge is 0.340 e. The molecule has 0 radical (unpaired) electrons. The molecular formula is C32H26FN3O8. The van der Waals surface area contributed by atoms with E-state index in [-0.39, 0.29) is 23.4 Å². The maximum absolute atomic E-state index is 13.4. The molecule has 12 heteroatoms. The summed E-state index contributed by atoms with van der Waals surface area (Å²) in [5, 5.41) is 17.7. The van der Waals surface area contributed by atoms with Crippen LogP contribution in [0, 0.1) is 12.7 Å². The van der Waals surface area contributed by atoms with Crippen LogP contribution in [0.4, 0.5) is 4.39 Å². The van der Waals surface area contributed by atoms with Crippen LogP contribution in [-0.4, -0.2) is 41.9 Å². The van der Waals surface area contributed by atoms with Crippen molar-refractivity contribution >= 4 is 45.6 Å². The van der Waals surface area contributed by atoms with Crippen LogP contribution in [0.2, 0.25) is 0 Å². The number of rotatable bonds is 10. The summed E-state index contributed by atoms with van der Waals surface area (Å²) >= 11 is 0. The number of amides is 3. The molecule has 44 heavy (non-hydrogen) atoms. The van der Waals surface area contributed by atoms with Crippen LogP contribution in [0.3, 0.4) is 0 Å². The lowest BCUT2D eigenvalue weighted by atomic mass is 9.99. The third-order valence-corrected chi connectivity index (χ3v) is 7.05. The summed E-state index contributed by atoms with van der Waals surface area (Å²) < 4.78 is 24.5. The first-order valence-corrected chi connectivity index (χ1v) is 13.4. The second-order valence-electron chi connectivity index (χ2n) is 9.97. The molecule has 2 aromatic heterocycles. The van der Waals surface area contributed by atoms with E-state index in [4.69, 9.17) is 8.83 Å². The Morgan fingerprint density at radius 2 is 1.55 bits per heavy atom. The zero-order valence-corrected chi connectivity index (χ0v) is 23.3. The highest BCUT2D eigenvalue weighted by Gasteiger charge is 2.22. The van der Waals surface area contributed by atoms with E-state index in [1.165, 1.54) is 18.4 Å². The van der Waals surface area contributed by atoms with Crippen molar-refractivity contribution in [3.63, 3.8) is 0 Å². The van der Waals surface area contributed by atoms with E-state index in [0.717, 1.165) is 5.56 Å². The topological polar surface area (TPSA) is 168 Å². The van der Waals surface area contributed by atoms with Gasteiger partial charge in [-0.25, -0.2) is 14.0 Å². The Balaban J connectivity index is 1.22. The van der Waals surface area contributed by atoms with Gasteiger partial charge in [0, 0.05) is 22.4 Å². The van der Waals surface area contributed by atoms with Crippen LogP contribution in [0.1, 0.15) is 22.7 Å². The van der Waals surface area contributed by atoms with E-state index < -0.39 is 48.4 Å². The first-order valence-electron chi connectivity index (χ1n) is 13.4. The predicted molar refractivity (Wildman–Crippen MR) is 157 cm³/mol. The SMILES string of the molecule is Cc1c(CC(=O)NCC(=O)NCC(=O)NC(C(=O)O)c2ccccc2)c(=O)oc2cc3occ(-c4ccc(F)cc4)c3cc12. The van der Waals surface area contributed by atoms with E-state index in [9.17, 15) is 33.5 Å². The van der Waals surface area contributed by atoms with Crippen molar-refractivity contribution in [3.8, 4) is 11.1 Å². The number of carbonyl (C=O) groups is 4. The van der Waals surface area contributed by atoms with E-state index >= 15 is 0 Å². The minimum absolute atomic E-state index is 0.0987. The van der Waals surface area contributed by atoms with Gasteiger partial charge in [-0.3, -0.25) is 14.4 Å². The van der Waals surface area contributed by atoms with Crippen molar-refractivity contribution in [2.45, 2.75) is 19.4 Å². The van der Waals surface area contributed by atoms with E-state index in [1.807, 2.05) is 0 Å². The molecule has 0 aliphatic rings. The summed E-state index contributed by atoms with van der Waals surface area (Å²) in [4.78, 5) is 61.4. The maximum atomic E-state index is 13.4. The lowest BCUT2D eigenvalue weighted by Crippen LogP contribution is -2.44. The molecule has 0 aliphatic heterocycles. The van der Waals surface area contributed by atoms with Gasteiger partial charge in [0.15, 0.2) is 6.04 Å². The number of benzene rings is 3. The van der Waals surface area contributed by atoms with Crippen molar-refractivity contribution in [2.24, 2.45) is 0 Å². The first kappa shape index (κ1) is 29.7. The van der Waals surface area contributed by atoms with Gasteiger partial charge in [-0.15, -0.1) is 0 Å². The highest BCUT2D eigenvalue weighted by molar-refractivity contribution is 6.02. The molecule has 0 bridgehead atoms. The Morgan fingerprint density at radius 3 is 2.25 bits per heavy atom. The number of nitrogens with one attached hydrogen (secondary N) is 3. The molecule has 224 valence electrons. The Hall–Kier alpha value is -5.78. The number of aliphatic carboxylic acids is 1. The van der Waals surface area contributed by atoms with Gasteiger partial charge < -0.3 is 29.9 Å². The average Bonchev–Trinajstić information content (AvgIpc) is 3.42. The molecule has 3 amide bonds. The molecule has 0 fully saturated rings. The Morgan fingerprint density at radius 1 is 0.864 bits per heavy atom. The quantitative estimate of drug-likeness (QED) is 0.177. The second kappa shape index (κ2) is 12.6. The molecule has 5 rings (SSSR count). The lowest BCUT2D eigenvalue weighted by Gasteiger charge is -2.15. The van der Waals surface area contributed by atoms with Crippen molar-refractivity contribution in [3.05, 3.63) is 106 Å². The molecule has 4 N–H and O–H groups in total. The van der Waals surface area contributed by atoms with E-state index in [2.05, 4.69) is 16.0 Å². The number of furan rings is 1. The molecule has 11 nitrogen and oxygen atoms in total. The minimum atomic E-state index is -1.30. The van der Waals surface area contributed by atoms with Crippen molar-refractivity contribution < 1.29 is 37.5 Å². The molecular weight excluding hydrogens is 573 g/mol. The monoisotopic (exact) mass is 599 g/mol. The summed E-state index contributed by atoms with van der Waals surface area (Å²) in [6.07, 6.45) is 1.16. The fourth-order valence-corrected chi connectivity index (χ4v) is 4.76. The molecule has 2 heterocycles. The van der Waals surface area contributed by atoms with Gasteiger partial charge in [-0.2, -0.15) is 0 Å². The summed E-state index contributed by atoms with van der Waals surface area (Å²) in [7, 11) is 0. The van der Waals surface area contributed by atoms with Crippen molar-refractivity contribution in [2.75, 3.05) is 13.1 Å². The standard InChI is InChI=1S/C32H26FN3O8/c1-17-21-11-23-24(18-7-9-20(33)10-8-18)16-43-25(23)13-26(21)44-32(42)22(17)12-27(37)34-14-28(38)35-15-29(39)36-30(31(40)41)19-5-3-2-4-6-19/h2-11,13,16,30H,12,14-15H2,1H3,(H,34,37)(H,35,38)(H,36,39)(H,40,41). The first-order chi connectivity index (χ1) is 21.1. The number of carboxylic acid groups (broad SMARTS) is 1. The molecule has 0 saturated carbocycles. The van der Waals surface area contributed by atoms with Crippen LogP contribution in [0.25, 0.3) is 33.1 Å². The predicted octanol–water partition coefficient (Wildman–Crippen LogP) is 3.37. The number of hydrogen-bond acceptors (Lipinski definition) is 7. The number of carboxylic acids is 1. The molecule has 1 unspecified atom stereocenters. The molecule has 1 atom stereocenters. The van der Waals surface area contributed by atoms with Gasteiger partial charge >= 0.3 is 11.6 Å². The number of fused-ring (bicyclic) bond motifs is 2. The minimum Gasteiger partial charge on any atom is -0.479 e. The molecule has 0 spiro atoms. The maximum Gasteiger partial charge on any atom is 0.340 e. The van der Waals surface area contributed by atoms with Gasteiger partial charge in [0.25, 0.3) is 0 Å². The van der Waals surface area contributed by atoms with Crippen molar-refractivity contribution in [1.82, 2.24) is 16.0 Å². The van der Waals surface area contributed by atoms with Crippen molar-refractivity contribution in [1.29, 1.82) is 0 Å². The number of carbonyl (C=O) groups excluding carboxylic acids is 3. The van der Waals surface area contributed by atoms with Gasteiger partial charge in [-0.05, 0) is 41.8 Å². The summed E-state index contributed by atoms with van der Waals surface area (Å²) in [6, 6.07) is 16.1. The Bertz CT molecular complexity index is 1950. The van der Waals surface area contributed by atoms with E-state index in [1.54, 1.807) is 61.5 Å². The molecule has 0 aliphatic carbocycles. The molecule has 3 aromatic carbocycles. The van der Waals surface area contributed by atoms with Crippen LogP contribution in [0.5, 0.6) is 0 Å². The molecule has 5 aromatic rings. The highest BCUT2D eigenvalue weighted by atomic mass is 19.1. The third-order valence-electron chi connectivity index (χ3n) is 7.05. The van der Waals surface area contributed by atoms with Gasteiger partial charge in [-0.1, -0.05) is 42.5 Å². The fourth-order valence-electron chi connectivity index (χ4n) is 4.76. The Labute approximate surface area is 248 Å². The van der Waals surface area contributed by atoms with Crippen LogP contribution < -0.4 is 21.6 Å². The van der Waals surface area contributed by atoms with Gasteiger partial charge in [0.2, 0.25) is 17.7 Å². The molecule has 0 saturated heterocycles. The lowest BCUT2D eigenvalue weighted by molar-refractivity contribution is -0.142. The number of hydrogen-bond donors (Lipinski definition) is 4. The zero-order chi connectivity index (χ0) is 31.4. The van der Waals surface area contributed by atoms with Gasteiger partial charge in [0.1, 0.15) is 17.0 Å². The normalized spacial score (nSPS) is 11.7. The Kier molecular flexibility index (Phi) is 8.51. The fraction of sp³-hybridized carbons (Fsp3) is 0.156. The average molecular weight is 600 g/mol. The van der Waals surface area contributed by atoms with Crippen LogP contribution >= 0.6 is 0 Å². The van der Waals surface area contributed by atoms with E-state index in [0.29, 0.717) is 33.0 Å². The van der Waals surface area contributed by atoms with Crippen LogP contribution in [-0.2, 0) is 25.6 Å².